The van der Waals surface area contributed by atoms with Crippen LogP contribution in [0.25, 0.3) is 11.4 Å². The lowest BCUT2D eigenvalue weighted by Crippen LogP contribution is -2.16. The SMILES string of the molecule is C=CCNc1nc(NCCOCCOCCN)nc(-c2c(C)cc(C)cc2C)n1. The Morgan fingerprint density at radius 3 is 2.17 bits per heavy atom. The highest BCUT2D eigenvalue weighted by molar-refractivity contribution is 5.67. The quantitative estimate of drug-likeness (QED) is 0.348. The van der Waals surface area contributed by atoms with Gasteiger partial charge >= 0.3 is 0 Å². The molecule has 0 saturated heterocycles. The monoisotopic (exact) mass is 400 g/mol. The predicted octanol–water partition coefficient (Wildman–Crippen LogP) is 2.47. The van der Waals surface area contributed by atoms with Crippen molar-refractivity contribution in [3.05, 3.63) is 41.5 Å². The van der Waals surface area contributed by atoms with Crippen molar-refractivity contribution in [1.82, 2.24) is 15.0 Å². The van der Waals surface area contributed by atoms with Gasteiger partial charge in [0.1, 0.15) is 0 Å². The summed E-state index contributed by atoms with van der Waals surface area (Å²) in [5, 5.41) is 6.36. The van der Waals surface area contributed by atoms with Crippen LogP contribution < -0.4 is 16.4 Å². The van der Waals surface area contributed by atoms with E-state index in [2.05, 4.69) is 65.1 Å². The molecule has 0 bridgehead atoms. The molecule has 0 saturated carbocycles. The first-order valence-corrected chi connectivity index (χ1v) is 9.83. The summed E-state index contributed by atoms with van der Waals surface area (Å²) in [6.45, 7) is 13.8. The highest BCUT2D eigenvalue weighted by atomic mass is 16.5. The van der Waals surface area contributed by atoms with Gasteiger partial charge in [-0.3, -0.25) is 0 Å². The van der Waals surface area contributed by atoms with Crippen LogP contribution in [0.2, 0.25) is 0 Å². The Kier molecular flexibility index (Phi) is 9.49. The molecule has 0 radical (unpaired) electrons. The van der Waals surface area contributed by atoms with Crippen molar-refractivity contribution in [3.8, 4) is 11.4 Å². The zero-order valence-electron chi connectivity index (χ0n) is 17.6. The molecule has 0 fully saturated rings. The molecule has 0 aliphatic rings. The maximum atomic E-state index is 5.53. The van der Waals surface area contributed by atoms with Crippen molar-refractivity contribution < 1.29 is 9.47 Å². The second-order valence-corrected chi connectivity index (χ2v) is 6.69. The average Bonchev–Trinajstić information content (AvgIpc) is 2.67. The number of aryl methyl sites for hydroxylation is 3. The molecule has 0 spiro atoms. The van der Waals surface area contributed by atoms with Crippen molar-refractivity contribution in [3.63, 3.8) is 0 Å². The lowest BCUT2D eigenvalue weighted by molar-refractivity contribution is 0.0547. The van der Waals surface area contributed by atoms with E-state index in [-0.39, 0.29) is 0 Å². The van der Waals surface area contributed by atoms with Crippen LogP contribution in [0, 0.1) is 20.8 Å². The number of hydrogen-bond donors (Lipinski definition) is 3. The van der Waals surface area contributed by atoms with Gasteiger partial charge in [-0.2, -0.15) is 15.0 Å². The molecule has 0 aliphatic carbocycles. The first-order chi connectivity index (χ1) is 14.0. The second-order valence-electron chi connectivity index (χ2n) is 6.69. The number of ether oxygens (including phenoxy) is 2. The number of nitrogens with zero attached hydrogens (tertiary/aromatic N) is 3. The fraction of sp³-hybridized carbons (Fsp3) is 0.476. The van der Waals surface area contributed by atoms with Crippen LogP contribution in [-0.2, 0) is 9.47 Å². The molecule has 0 unspecified atom stereocenters. The zero-order chi connectivity index (χ0) is 21.1. The average molecular weight is 401 g/mol. The van der Waals surface area contributed by atoms with E-state index in [4.69, 9.17) is 15.2 Å². The summed E-state index contributed by atoms with van der Waals surface area (Å²) in [6.07, 6.45) is 1.76. The third-order valence-corrected chi connectivity index (χ3v) is 4.10. The minimum Gasteiger partial charge on any atom is -0.378 e. The van der Waals surface area contributed by atoms with Crippen LogP contribution in [-0.4, -0.2) is 61.0 Å². The summed E-state index contributed by atoms with van der Waals surface area (Å²) in [7, 11) is 0. The number of anilines is 2. The van der Waals surface area contributed by atoms with Gasteiger partial charge in [-0.1, -0.05) is 23.8 Å². The summed E-state index contributed by atoms with van der Waals surface area (Å²) < 4.78 is 10.8. The molecule has 0 aliphatic heterocycles. The predicted molar refractivity (Wildman–Crippen MR) is 117 cm³/mol. The van der Waals surface area contributed by atoms with Gasteiger partial charge in [0, 0.05) is 25.2 Å². The molecular weight excluding hydrogens is 368 g/mol. The summed E-state index contributed by atoms with van der Waals surface area (Å²) in [6, 6.07) is 4.27. The number of hydrogen-bond acceptors (Lipinski definition) is 8. The smallest absolute Gasteiger partial charge is 0.228 e. The van der Waals surface area contributed by atoms with E-state index in [1.807, 2.05) is 0 Å². The normalized spacial score (nSPS) is 10.8. The van der Waals surface area contributed by atoms with Crippen molar-refractivity contribution >= 4 is 11.9 Å². The molecule has 4 N–H and O–H groups in total. The molecule has 1 aromatic heterocycles. The lowest BCUT2D eigenvalue weighted by atomic mass is 9.99. The van der Waals surface area contributed by atoms with Crippen LogP contribution >= 0.6 is 0 Å². The molecule has 8 nitrogen and oxygen atoms in total. The largest absolute Gasteiger partial charge is 0.378 e. The number of nitrogens with one attached hydrogen (secondary N) is 2. The summed E-state index contributed by atoms with van der Waals surface area (Å²) in [5.41, 5.74) is 9.88. The second kappa shape index (κ2) is 12.1. The zero-order valence-corrected chi connectivity index (χ0v) is 17.6. The highest BCUT2D eigenvalue weighted by Crippen LogP contribution is 2.26. The Labute approximate surface area is 173 Å². The van der Waals surface area contributed by atoms with Crippen molar-refractivity contribution in [2.24, 2.45) is 5.73 Å². The number of rotatable bonds is 13. The van der Waals surface area contributed by atoms with Crippen LogP contribution in [0.5, 0.6) is 0 Å². The molecule has 0 amide bonds. The van der Waals surface area contributed by atoms with E-state index in [1.165, 1.54) is 5.56 Å². The third-order valence-electron chi connectivity index (χ3n) is 4.10. The minimum absolute atomic E-state index is 0.504. The van der Waals surface area contributed by atoms with Crippen LogP contribution in [0.4, 0.5) is 11.9 Å². The molecule has 2 rings (SSSR count). The first-order valence-electron chi connectivity index (χ1n) is 9.83. The van der Waals surface area contributed by atoms with E-state index < -0.39 is 0 Å². The lowest BCUT2D eigenvalue weighted by Gasteiger charge is -2.13. The maximum Gasteiger partial charge on any atom is 0.228 e. The molecule has 0 atom stereocenters. The van der Waals surface area contributed by atoms with Crippen LogP contribution in [0.15, 0.2) is 24.8 Å². The van der Waals surface area contributed by atoms with E-state index in [9.17, 15) is 0 Å². The Morgan fingerprint density at radius 1 is 0.931 bits per heavy atom. The van der Waals surface area contributed by atoms with Gasteiger partial charge in [0.15, 0.2) is 5.82 Å². The van der Waals surface area contributed by atoms with Gasteiger partial charge in [0.2, 0.25) is 11.9 Å². The standard InChI is InChI=1S/C21H32N6O2/c1-5-7-23-20-25-19(18-16(3)13-15(2)14-17(18)4)26-21(27-20)24-8-10-29-12-11-28-9-6-22/h5,13-14H,1,6-12,22H2,2-4H3,(H2,23,24,25,26,27). The Hall–Kier alpha value is -2.55. The molecule has 8 heteroatoms. The van der Waals surface area contributed by atoms with Gasteiger partial charge in [0.05, 0.1) is 26.4 Å². The summed E-state index contributed by atoms with van der Waals surface area (Å²) >= 11 is 0. The van der Waals surface area contributed by atoms with Gasteiger partial charge in [-0.15, -0.1) is 6.58 Å². The van der Waals surface area contributed by atoms with Gasteiger partial charge in [0.25, 0.3) is 0 Å². The summed E-state index contributed by atoms with van der Waals surface area (Å²) in [5.74, 6) is 1.65. The van der Waals surface area contributed by atoms with E-state index in [0.29, 0.717) is 63.8 Å². The molecule has 1 heterocycles. The number of benzene rings is 1. The van der Waals surface area contributed by atoms with Crippen LogP contribution in [0.1, 0.15) is 16.7 Å². The minimum atomic E-state index is 0.504. The Balaban J connectivity index is 2.08. The summed E-state index contributed by atoms with van der Waals surface area (Å²) in [4.78, 5) is 13.7. The molecular formula is C21H32N6O2. The Bertz CT molecular complexity index is 774. The molecule has 158 valence electrons. The first kappa shape index (κ1) is 22.7. The molecule has 1 aromatic carbocycles. The topological polar surface area (TPSA) is 107 Å². The fourth-order valence-electron chi connectivity index (χ4n) is 2.98. The molecule has 29 heavy (non-hydrogen) atoms. The van der Waals surface area contributed by atoms with E-state index in [0.717, 1.165) is 16.7 Å². The number of nitrogens with two attached hydrogens (primary N) is 1. The Morgan fingerprint density at radius 2 is 1.55 bits per heavy atom. The third kappa shape index (κ3) is 7.41. The van der Waals surface area contributed by atoms with Crippen molar-refractivity contribution in [1.29, 1.82) is 0 Å². The maximum absolute atomic E-state index is 5.53. The van der Waals surface area contributed by atoms with E-state index >= 15 is 0 Å². The van der Waals surface area contributed by atoms with Gasteiger partial charge in [-0.25, -0.2) is 0 Å². The molecule has 2 aromatic rings. The van der Waals surface area contributed by atoms with E-state index in [1.54, 1.807) is 6.08 Å². The number of aromatic nitrogens is 3. The highest BCUT2D eigenvalue weighted by Gasteiger charge is 2.13. The fourth-order valence-corrected chi connectivity index (χ4v) is 2.98. The van der Waals surface area contributed by atoms with Gasteiger partial charge < -0.3 is 25.8 Å². The van der Waals surface area contributed by atoms with Crippen molar-refractivity contribution in [2.45, 2.75) is 20.8 Å². The van der Waals surface area contributed by atoms with Crippen LogP contribution in [0.3, 0.4) is 0 Å². The van der Waals surface area contributed by atoms with Crippen molar-refractivity contribution in [2.75, 3.05) is 56.7 Å². The van der Waals surface area contributed by atoms with Gasteiger partial charge in [-0.05, 0) is 31.9 Å².